The van der Waals surface area contributed by atoms with Gasteiger partial charge in [-0.2, -0.15) is 0 Å². The van der Waals surface area contributed by atoms with Crippen LogP contribution in [0.4, 0.5) is 5.69 Å². The summed E-state index contributed by atoms with van der Waals surface area (Å²) in [5.74, 6) is 0.342. The number of para-hydroxylation sites is 1. The largest absolute Gasteiger partial charge is 0.496 e. The molecule has 2 aromatic heterocycles. The monoisotopic (exact) mass is 343 g/mol. The first kappa shape index (κ1) is 15.9. The molecule has 5 heteroatoms. The minimum absolute atomic E-state index is 0.206. The summed E-state index contributed by atoms with van der Waals surface area (Å²) in [4.78, 5) is 17.1. The molecule has 0 aliphatic carbocycles. The van der Waals surface area contributed by atoms with Crippen molar-refractivity contribution in [2.45, 2.75) is 0 Å². The molecular formula is C21H17N3O2. The Hall–Kier alpha value is -3.60. The lowest BCUT2D eigenvalue weighted by atomic mass is 10.1. The molecule has 0 saturated heterocycles. The molecule has 0 spiro atoms. The normalized spacial score (nSPS) is 10.7. The summed E-state index contributed by atoms with van der Waals surface area (Å²) in [7, 11) is 1.55. The zero-order chi connectivity index (χ0) is 17.9. The van der Waals surface area contributed by atoms with Crippen molar-refractivity contribution >= 4 is 17.2 Å². The van der Waals surface area contributed by atoms with Gasteiger partial charge >= 0.3 is 0 Å². The van der Waals surface area contributed by atoms with E-state index in [0.717, 1.165) is 16.9 Å². The third-order valence-electron chi connectivity index (χ3n) is 4.15. The van der Waals surface area contributed by atoms with Crippen LogP contribution in [0.2, 0.25) is 0 Å². The third-order valence-corrected chi connectivity index (χ3v) is 4.15. The van der Waals surface area contributed by atoms with Gasteiger partial charge in [0.05, 0.1) is 18.4 Å². The highest BCUT2D eigenvalue weighted by atomic mass is 16.5. The molecule has 4 rings (SSSR count). The van der Waals surface area contributed by atoms with Gasteiger partial charge in [0.2, 0.25) is 0 Å². The van der Waals surface area contributed by atoms with Crippen LogP contribution >= 0.6 is 0 Å². The summed E-state index contributed by atoms with van der Waals surface area (Å²) in [5, 5.41) is 2.89. The summed E-state index contributed by atoms with van der Waals surface area (Å²) in [6.45, 7) is 0. The Morgan fingerprint density at radius 3 is 2.54 bits per heavy atom. The Morgan fingerprint density at radius 2 is 1.77 bits per heavy atom. The van der Waals surface area contributed by atoms with Gasteiger partial charge in [-0.3, -0.25) is 4.79 Å². The maximum absolute atomic E-state index is 12.5. The quantitative estimate of drug-likeness (QED) is 0.602. The summed E-state index contributed by atoms with van der Waals surface area (Å²) in [5.41, 5.74) is 3.99. The molecule has 26 heavy (non-hydrogen) atoms. The molecule has 2 aromatic carbocycles. The van der Waals surface area contributed by atoms with Crippen molar-refractivity contribution in [1.82, 2.24) is 9.38 Å². The Kier molecular flexibility index (Phi) is 4.11. The summed E-state index contributed by atoms with van der Waals surface area (Å²) in [6.07, 6.45) is 3.95. The van der Waals surface area contributed by atoms with Crippen LogP contribution in [0.5, 0.6) is 5.75 Å². The van der Waals surface area contributed by atoms with E-state index in [9.17, 15) is 4.79 Å². The summed E-state index contributed by atoms with van der Waals surface area (Å²) < 4.78 is 7.22. The highest BCUT2D eigenvalue weighted by molar-refractivity contribution is 6.06. The fraction of sp³-hybridized carbons (Fsp3) is 0.0476. The third kappa shape index (κ3) is 3.02. The maximum atomic E-state index is 12.5. The van der Waals surface area contributed by atoms with Crippen LogP contribution in [-0.4, -0.2) is 22.4 Å². The molecule has 0 radical (unpaired) electrons. The van der Waals surface area contributed by atoms with E-state index in [4.69, 9.17) is 4.74 Å². The van der Waals surface area contributed by atoms with E-state index in [-0.39, 0.29) is 5.91 Å². The van der Waals surface area contributed by atoms with Gasteiger partial charge in [0.25, 0.3) is 5.91 Å². The topological polar surface area (TPSA) is 55.6 Å². The van der Waals surface area contributed by atoms with Crippen molar-refractivity contribution in [3.05, 3.63) is 84.7 Å². The first-order chi connectivity index (χ1) is 12.7. The molecular weight excluding hydrogens is 326 g/mol. The van der Waals surface area contributed by atoms with Gasteiger partial charge in [0.15, 0.2) is 0 Å². The van der Waals surface area contributed by atoms with Crippen LogP contribution in [0.15, 0.2) is 79.1 Å². The first-order valence-electron chi connectivity index (χ1n) is 8.23. The molecule has 4 aromatic rings. The van der Waals surface area contributed by atoms with E-state index in [0.29, 0.717) is 17.0 Å². The van der Waals surface area contributed by atoms with Gasteiger partial charge in [-0.15, -0.1) is 0 Å². The molecule has 128 valence electrons. The van der Waals surface area contributed by atoms with E-state index >= 15 is 0 Å². The summed E-state index contributed by atoms with van der Waals surface area (Å²) >= 11 is 0. The number of methoxy groups -OCH3 is 1. The molecule has 0 fully saturated rings. The standard InChI is InChI=1S/C21H17N3O2/c1-26-19-7-3-2-6-17(19)21(25)22-16-11-9-15(10-12-16)18-14-24-13-5-4-8-20(24)23-18/h2-14H,1H3,(H,22,25). The second-order valence-corrected chi connectivity index (χ2v) is 5.82. The number of rotatable bonds is 4. The average molecular weight is 343 g/mol. The number of carbonyl (C=O) groups is 1. The van der Waals surface area contributed by atoms with Gasteiger partial charge in [0, 0.05) is 23.6 Å². The molecule has 0 aliphatic rings. The number of aromatic nitrogens is 2. The minimum Gasteiger partial charge on any atom is -0.496 e. The zero-order valence-corrected chi connectivity index (χ0v) is 14.2. The molecule has 2 heterocycles. The van der Waals surface area contributed by atoms with Gasteiger partial charge in [0.1, 0.15) is 11.4 Å². The number of ether oxygens (including phenoxy) is 1. The number of hydrogen-bond donors (Lipinski definition) is 1. The predicted octanol–water partition coefficient (Wildman–Crippen LogP) is 4.26. The number of anilines is 1. The highest BCUT2D eigenvalue weighted by Crippen LogP contribution is 2.23. The predicted molar refractivity (Wildman–Crippen MR) is 102 cm³/mol. The van der Waals surface area contributed by atoms with E-state index in [1.807, 2.05) is 71.4 Å². The lowest BCUT2D eigenvalue weighted by molar-refractivity contribution is 0.102. The average Bonchev–Trinajstić information content (AvgIpc) is 3.12. The van der Waals surface area contributed by atoms with Gasteiger partial charge < -0.3 is 14.5 Å². The second kappa shape index (κ2) is 6.72. The smallest absolute Gasteiger partial charge is 0.259 e. The Labute approximate surface area is 150 Å². The lowest BCUT2D eigenvalue weighted by Crippen LogP contribution is -2.12. The number of amides is 1. The number of pyridine rings is 1. The molecule has 0 atom stereocenters. The van der Waals surface area contributed by atoms with E-state index in [1.54, 1.807) is 19.2 Å². The Morgan fingerprint density at radius 1 is 1.00 bits per heavy atom. The van der Waals surface area contributed by atoms with Crippen LogP contribution in [0.1, 0.15) is 10.4 Å². The molecule has 0 aliphatic heterocycles. The number of carbonyl (C=O) groups excluding carboxylic acids is 1. The van der Waals surface area contributed by atoms with Crippen LogP contribution in [0.3, 0.4) is 0 Å². The first-order valence-corrected chi connectivity index (χ1v) is 8.23. The second-order valence-electron chi connectivity index (χ2n) is 5.82. The van der Waals surface area contributed by atoms with Gasteiger partial charge in [-0.1, -0.05) is 30.3 Å². The fourth-order valence-electron chi connectivity index (χ4n) is 2.83. The van der Waals surface area contributed by atoms with Crippen molar-refractivity contribution in [2.24, 2.45) is 0 Å². The molecule has 5 nitrogen and oxygen atoms in total. The number of nitrogens with zero attached hydrogens (tertiary/aromatic N) is 2. The van der Waals surface area contributed by atoms with Crippen molar-refractivity contribution in [3.63, 3.8) is 0 Å². The Bertz CT molecular complexity index is 1040. The summed E-state index contributed by atoms with van der Waals surface area (Å²) in [6, 6.07) is 20.7. The number of imidazole rings is 1. The van der Waals surface area contributed by atoms with Crippen molar-refractivity contribution in [1.29, 1.82) is 0 Å². The number of benzene rings is 2. The van der Waals surface area contributed by atoms with Crippen LogP contribution in [-0.2, 0) is 0 Å². The number of fused-ring (bicyclic) bond motifs is 1. The highest BCUT2D eigenvalue weighted by Gasteiger charge is 2.12. The van der Waals surface area contributed by atoms with Crippen molar-refractivity contribution < 1.29 is 9.53 Å². The number of nitrogens with one attached hydrogen (secondary N) is 1. The minimum atomic E-state index is -0.206. The maximum Gasteiger partial charge on any atom is 0.259 e. The lowest BCUT2D eigenvalue weighted by Gasteiger charge is -2.09. The van der Waals surface area contributed by atoms with Crippen LogP contribution < -0.4 is 10.1 Å². The van der Waals surface area contributed by atoms with Gasteiger partial charge in [-0.05, 0) is 36.4 Å². The van der Waals surface area contributed by atoms with E-state index < -0.39 is 0 Å². The molecule has 1 N–H and O–H groups in total. The van der Waals surface area contributed by atoms with Crippen LogP contribution in [0, 0.1) is 0 Å². The molecule has 0 unspecified atom stereocenters. The van der Waals surface area contributed by atoms with Crippen molar-refractivity contribution in [2.75, 3.05) is 12.4 Å². The van der Waals surface area contributed by atoms with E-state index in [2.05, 4.69) is 10.3 Å². The van der Waals surface area contributed by atoms with Crippen molar-refractivity contribution in [3.8, 4) is 17.0 Å². The van der Waals surface area contributed by atoms with Crippen LogP contribution in [0.25, 0.3) is 16.9 Å². The molecule has 0 saturated carbocycles. The molecule has 1 amide bonds. The van der Waals surface area contributed by atoms with Gasteiger partial charge in [-0.25, -0.2) is 4.98 Å². The fourth-order valence-corrected chi connectivity index (χ4v) is 2.83. The van der Waals surface area contributed by atoms with E-state index in [1.165, 1.54) is 0 Å². The number of hydrogen-bond acceptors (Lipinski definition) is 3. The zero-order valence-electron chi connectivity index (χ0n) is 14.2. The Balaban J connectivity index is 1.55. The SMILES string of the molecule is COc1ccccc1C(=O)Nc1ccc(-c2cn3ccccc3n2)cc1. The molecule has 0 bridgehead atoms.